The van der Waals surface area contributed by atoms with Crippen molar-refractivity contribution in [2.24, 2.45) is 0 Å². The zero-order chi connectivity index (χ0) is 19.3. The summed E-state index contributed by atoms with van der Waals surface area (Å²) in [7, 11) is 0. The third kappa shape index (κ3) is 2.73. The first-order valence-corrected chi connectivity index (χ1v) is 10.0. The normalized spacial score (nSPS) is 17.9. The number of H-pyrrole nitrogens is 1. The van der Waals surface area contributed by atoms with E-state index in [9.17, 15) is 4.79 Å². The number of nitrogens with one attached hydrogen (secondary N) is 1. The Kier molecular flexibility index (Phi) is 4.20. The maximum Gasteiger partial charge on any atom is 0.410 e. The molecule has 0 bridgehead atoms. The Bertz CT molecular complexity index is 1080. The van der Waals surface area contributed by atoms with Gasteiger partial charge in [-0.15, -0.1) is 0 Å². The summed E-state index contributed by atoms with van der Waals surface area (Å²) in [6.45, 7) is 3.50. The highest BCUT2D eigenvalue weighted by Crippen LogP contribution is 2.41. The number of carbonyl (C=O) groups excluding carboxylic acids is 1. The quantitative estimate of drug-likeness (QED) is 0.673. The number of aromatic amines is 1. The minimum atomic E-state index is -0.286. The molecule has 6 heteroatoms. The van der Waals surface area contributed by atoms with Crippen LogP contribution in [-0.2, 0) is 17.6 Å². The van der Waals surface area contributed by atoms with E-state index in [4.69, 9.17) is 21.1 Å². The van der Waals surface area contributed by atoms with E-state index in [1.165, 1.54) is 11.1 Å². The lowest BCUT2D eigenvalue weighted by atomic mass is 9.91. The van der Waals surface area contributed by atoms with Crippen molar-refractivity contribution >= 4 is 28.6 Å². The van der Waals surface area contributed by atoms with E-state index < -0.39 is 0 Å². The summed E-state index contributed by atoms with van der Waals surface area (Å²) in [5.41, 5.74) is 5.55. The first-order valence-electron chi connectivity index (χ1n) is 9.64. The predicted octanol–water partition coefficient (Wildman–Crippen LogP) is 4.86. The number of nitrogens with zero attached hydrogens (tertiary/aromatic N) is 1. The molecular formula is C22H21ClN2O3. The Balaban J connectivity index is 1.67. The SMILES string of the molecule is CCOC(=O)N1CCc2c([nH]c3ccc(Cl)cc23)C1c1ccc2c(c1)CCO2. The second kappa shape index (κ2) is 6.74. The van der Waals surface area contributed by atoms with Crippen LogP contribution in [0.1, 0.15) is 35.3 Å². The summed E-state index contributed by atoms with van der Waals surface area (Å²) in [4.78, 5) is 18.1. The van der Waals surface area contributed by atoms with E-state index in [1.807, 2.05) is 36.1 Å². The summed E-state index contributed by atoms with van der Waals surface area (Å²) >= 11 is 6.24. The van der Waals surface area contributed by atoms with Gasteiger partial charge in [0.2, 0.25) is 0 Å². The molecule has 3 heterocycles. The number of benzene rings is 2. The molecule has 144 valence electrons. The second-order valence-corrected chi connectivity index (χ2v) is 7.65. The molecule has 5 nitrogen and oxygen atoms in total. The first-order chi connectivity index (χ1) is 13.7. The Labute approximate surface area is 168 Å². The van der Waals surface area contributed by atoms with Gasteiger partial charge in [-0.25, -0.2) is 4.79 Å². The molecule has 1 N–H and O–H groups in total. The largest absolute Gasteiger partial charge is 0.493 e. The van der Waals surface area contributed by atoms with Gasteiger partial charge in [-0.2, -0.15) is 0 Å². The monoisotopic (exact) mass is 396 g/mol. The molecule has 1 aromatic heterocycles. The van der Waals surface area contributed by atoms with Crippen LogP contribution < -0.4 is 4.74 Å². The smallest absolute Gasteiger partial charge is 0.410 e. The molecule has 1 unspecified atom stereocenters. The van der Waals surface area contributed by atoms with Gasteiger partial charge < -0.3 is 14.5 Å². The highest BCUT2D eigenvalue weighted by molar-refractivity contribution is 6.31. The third-order valence-electron chi connectivity index (χ3n) is 5.62. The van der Waals surface area contributed by atoms with E-state index in [1.54, 1.807) is 0 Å². The molecular weight excluding hydrogens is 376 g/mol. The molecule has 1 amide bonds. The fourth-order valence-corrected chi connectivity index (χ4v) is 4.56. The van der Waals surface area contributed by atoms with E-state index in [2.05, 4.69) is 17.1 Å². The Hall–Kier alpha value is -2.66. The number of aromatic nitrogens is 1. The van der Waals surface area contributed by atoms with E-state index in [-0.39, 0.29) is 12.1 Å². The molecule has 2 aliphatic heterocycles. The molecule has 2 aliphatic rings. The van der Waals surface area contributed by atoms with Gasteiger partial charge in [-0.3, -0.25) is 4.90 Å². The number of rotatable bonds is 2. The van der Waals surface area contributed by atoms with Gasteiger partial charge in [-0.1, -0.05) is 17.7 Å². The van der Waals surface area contributed by atoms with E-state index in [0.717, 1.165) is 40.8 Å². The van der Waals surface area contributed by atoms with Crippen molar-refractivity contribution < 1.29 is 14.3 Å². The molecule has 0 saturated carbocycles. The summed E-state index contributed by atoms with van der Waals surface area (Å²) in [5.74, 6) is 0.936. The summed E-state index contributed by atoms with van der Waals surface area (Å²) in [6, 6.07) is 11.9. The van der Waals surface area contributed by atoms with Crippen LogP contribution in [0, 0.1) is 0 Å². The van der Waals surface area contributed by atoms with Crippen LogP contribution in [0.4, 0.5) is 4.79 Å². The van der Waals surface area contributed by atoms with Crippen molar-refractivity contribution in [3.8, 4) is 5.75 Å². The minimum absolute atomic E-state index is 0.222. The topological polar surface area (TPSA) is 54.6 Å². The molecule has 0 saturated heterocycles. The van der Waals surface area contributed by atoms with Crippen LogP contribution in [0.15, 0.2) is 36.4 Å². The maximum absolute atomic E-state index is 12.7. The van der Waals surface area contributed by atoms with Gasteiger partial charge in [0, 0.05) is 34.6 Å². The lowest BCUT2D eigenvalue weighted by Crippen LogP contribution is -2.41. The molecule has 0 aliphatic carbocycles. The van der Waals surface area contributed by atoms with Gasteiger partial charge in [0.1, 0.15) is 11.8 Å². The van der Waals surface area contributed by atoms with Crippen LogP contribution in [0.25, 0.3) is 10.9 Å². The van der Waals surface area contributed by atoms with Gasteiger partial charge in [0.25, 0.3) is 0 Å². The lowest BCUT2D eigenvalue weighted by Gasteiger charge is -2.35. The van der Waals surface area contributed by atoms with Crippen molar-refractivity contribution in [1.29, 1.82) is 0 Å². The number of hydrogen-bond donors (Lipinski definition) is 1. The number of ether oxygens (including phenoxy) is 2. The van der Waals surface area contributed by atoms with Gasteiger partial charge in [0.15, 0.2) is 0 Å². The molecule has 1 atom stereocenters. The highest BCUT2D eigenvalue weighted by Gasteiger charge is 2.36. The van der Waals surface area contributed by atoms with Gasteiger partial charge >= 0.3 is 6.09 Å². The van der Waals surface area contributed by atoms with Gasteiger partial charge in [-0.05, 0) is 60.4 Å². The average molecular weight is 397 g/mol. The maximum atomic E-state index is 12.7. The summed E-state index contributed by atoms with van der Waals surface area (Å²) in [6.07, 6.45) is 1.37. The number of fused-ring (bicyclic) bond motifs is 4. The van der Waals surface area contributed by atoms with E-state index >= 15 is 0 Å². The Morgan fingerprint density at radius 3 is 3.04 bits per heavy atom. The van der Waals surface area contributed by atoms with Crippen LogP contribution in [0.3, 0.4) is 0 Å². The molecule has 0 radical (unpaired) electrons. The number of amides is 1. The number of carbonyl (C=O) groups is 1. The molecule has 3 aromatic rings. The lowest BCUT2D eigenvalue weighted by molar-refractivity contribution is 0.0932. The van der Waals surface area contributed by atoms with Crippen molar-refractivity contribution in [3.63, 3.8) is 0 Å². The predicted molar refractivity (Wildman–Crippen MR) is 108 cm³/mol. The third-order valence-corrected chi connectivity index (χ3v) is 5.86. The minimum Gasteiger partial charge on any atom is -0.493 e. The summed E-state index contributed by atoms with van der Waals surface area (Å²) < 4.78 is 11.0. The van der Waals surface area contributed by atoms with Crippen molar-refractivity contribution in [3.05, 3.63) is 63.8 Å². The molecule has 2 aromatic carbocycles. The number of halogens is 1. The van der Waals surface area contributed by atoms with Crippen LogP contribution in [0.2, 0.25) is 5.02 Å². The van der Waals surface area contributed by atoms with Crippen molar-refractivity contribution in [1.82, 2.24) is 9.88 Å². The van der Waals surface area contributed by atoms with Crippen molar-refractivity contribution in [2.45, 2.75) is 25.8 Å². The number of hydrogen-bond acceptors (Lipinski definition) is 3. The van der Waals surface area contributed by atoms with Crippen LogP contribution in [0.5, 0.6) is 5.75 Å². The highest BCUT2D eigenvalue weighted by atomic mass is 35.5. The molecule has 5 rings (SSSR count). The van der Waals surface area contributed by atoms with Crippen molar-refractivity contribution in [2.75, 3.05) is 19.8 Å². The Morgan fingerprint density at radius 1 is 1.29 bits per heavy atom. The van der Waals surface area contributed by atoms with E-state index in [0.29, 0.717) is 24.8 Å². The Morgan fingerprint density at radius 2 is 2.18 bits per heavy atom. The fraction of sp³-hybridized carbons (Fsp3) is 0.318. The van der Waals surface area contributed by atoms with Crippen LogP contribution >= 0.6 is 11.6 Å². The first kappa shape index (κ1) is 17.4. The zero-order valence-corrected chi connectivity index (χ0v) is 16.4. The van der Waals surface area contributed by atoms with Gasteiger partial charge in [0.05, 0.1) is 13.2 Å². The molecule has 0 spiro atoms. The van der Waals surface area contributed by atoms with Crippen LogP contribution in [-0.4, -0.2) is 35.7 Å². The fourth-order valence-electron chi connectivity index (χ4n) is 4.39. The average Bonchev–Trinajstić information content (AvgIpc) is 3.30. The second-order valence-electron chi connectivity index (χ2n) is 7.22. The standard InChI is InChI=1S/C22H21ClN2O3/c1-2-27-22(26)25-9-7-16-17-12-15(23)4-5-18(17)24-20(16)21(25)14-3-6-19-13(11-14)8-10-28-19/h3-6,11-12,21,24H,2,7-10H2,1H3. The summed E-state index contributed by atoms with van der Waals surface area (Å²) in [5, 5.41) is 1.84. The zero-order valence-electron chi connectivity index (χ0n) is 15.6. The molecule has 0 fully saturated rings. The molecule has 28 heavy (non-hydrogen) atoms.